The van der Waals surface area contributed by atoms with Gasteiger partial charge in [-0.25, -0.2) is 0 Å². The van der Waals surface area contributed by atoms with Crippen molar-refractivity contribution in [1.29, 1.82) is 0 Å². The first-order valence-electron chi connectivity index (χ1n) is 14.4. The van der Waals surface area contributed by atoms with Crippen molar-refractivity contribution in [2.75, 3.05) is 0 Å². The summed E-state index contributed by atoms with van der Waals surface area (Å²) in [5, 5.41) is 5.95. The van der Waals surface area contributed by atoms with Crippen molar-refractivity contribution < 1.29 is 0 Å². The Kier molecular flexibility index (Phi) is 6.31. The minimum Gasteiger partial charge on any atom is -0.136 e. The summed E-state index contributed by atoms with van der Waals surface area (Å²) in [7, 11) is -2.22. The van der Waals surface area contributed by atoms with Crippen LogP contribution in [0.1, 0.15) is 43.1 Å². The summed E-state index contributed by atoms with van der Waals surface area (Å²) in [6.45, 7) is 14.3. The Morgan fingerprint density at radius 1 is 0.488 bits per heavy atom. The Morgan fingerprint density at radius 3 is 1.29 bits per heavy atom. The molecular formula is C38H34S2Si. The van der Waals surface area contributed by atoms with Gasteiger partial charge in [-0.15, -0.1) is 22.7 Å². The van der Waals surface area contributed by atoms with Crippen LogP contribution in [0.2, 0.25) is 13.1 Å². The quantitative estimate of drug-likeness (QED) is 0.181. The molecule has 0 N–H and O–H groups in total. The molecule has 0 atom stereocenters. The van der Waals surface area contributed by atoms with E-state index >= 15 is 0 Å². The molecule has 2 aromatic heterocycles. The molecule has 0 saturated heterocycles. The van der Waals surface area contributed by atoms with Crippen LogP contribution in [-0.4, -0.2) is 8.07 Å². The summed E-state index contributed by atoms with van der Waals surface area (Å²) in [4.78, 5) is 2.94. The second-order valence-corrected chi connectivity index (χ2v) is 18.3. The van der Waals surface area contributed by atoms with E-state index in [2.05, 4.69) is 138 Å². The lowest BCUT2D eigenvalue weighted by atomic mass is 9.89. The van der Waals surface area contributed by atoms with Crippen molar-refractivity contribution in [3.8, 4) is 0 Å². The maximum Gasteiger partial charge on any atom is 0.117 e. The van der Waals surface area contributed by atoms with Crippen LogP contribution in [0.15, 0.2) is 97.1 Å². The smallest absolute Gasteiger partial charge is 0.117 e. The van der Waals surface area contributed by atoms with Crippen LogP contribution in [0.25, 0.3) is 41.7 Å². The number of allylic oxidation sites excluding steroid dienone is 2. The summed E-state index contributed by atoms with van der Waals surface area (Å²) >= 11 is 3.97. The van der Waals surface area contributed by atoms with Crippen LogP contribution < -0.4 is 0 Å². The second kappa shape index (κ2) is 9.80. The van der Waals surface area contributed by atoms with E-state index in [9.17, 15) is 0 Å². The molecule has 3 heterocycles. The minimum absolute atomic E-state index is 1.30. The fourth-order valence-corrected chi connectivity index (χ4v) is 14.5. The Balaban J connectivity index is 1.66. The first kappa shape index (κ1) is 26.4. The second-order valence-electron chi connectivity index (χ2n) is 12.0. The molecule has 6 aromatic rings. The van der Waals surface area contributed by atoms with E-state index in [0.717, 1.165) is 0 Å². The summed E-state index contributed by atoms with van der Waals surface area (Å²) < 4.78 is 2.76. The molecular weight excluding hydrogens is 549 g/mol. The van der Waals surface area contributed by atoms with Gasteiger partial charge in [-0.1, -0.05) is 109 Å². The first-order chi connectivity index (χ1) is 19.8. The van der Waals surface area contributed by atoms with E-state index in [1.54, 1.807) is 10.4 Å². The van der Waals surface area contributed by atoms with Crippen LogP contribution in [0.5, 0.6) is 0 Å². The average Bonchev–Trinajstić information content (AvgIpc) is 3.54. The van der Waals surface area contributed by atoms with Gasteiger partial charge in [0.25, 0.3) is 0 Å². The third-order valence-corrected chi connectivity index (χ3v) is 15.2. The minimum atomic E-state index is -2.22. The van der Waals surface area contributed by atoms with Crippen LogP contribution in [0, 0.1) is 27.7 Å². The monoisotopic (exact) mass is 582 g/mol. The van der Waals surface area contributed by atoms with Crippen molar-refractivity contribution in [1.82, 2.24) is 0 Å². The fraction of sp³-hybridized carbons (Fsp3) is 0.158. The number of hydrogen-bond acceptors (Lipinski definition) is 2. The molecule has 1 aliphatic heterocycles. The lowest BCUT2D eigenvalue weighted by Gasteiger charge is -2.26. The molecule has 0 unspecified atom stereocenters. The molecule has 1 aliphatic rings. The first-order valence-corrected chi connectivity index (χ1v) is 19.0. The molecule has 0 fully saturated rings. The third-order valence-electron chi connectivity index (χ3n) is 8.75. The van der Waals surface area contributed by atoms with Crippen molar-refractivity contribution in [2.45, 2.75) is 40.8 Å². The fourth-order valence-electron chi connectivity index (χ4n) is 6.80. The molecule has 4 aromatic carbocycles. The van der Waals surface area contributed by atoms with Crippen LogP contribution in [0.3, 0.4) is 0 Å². The van der Waals surface area contributed by atoms with Gasteiger partial charge in [0.1, 0.15) is 8.07 Å². The molecule has 41 heavy (non-hydrogen) atoms. The van der Waals surface area contributed by atoms with Crippen molar-refractivity contribution >= 4 is 72.5 Å². The zero-order chi connectivity index (χ0) is 28.5. The largest absolute Gasteiger partial charge is 0.136 e. The van der Waals surface area contributed by atoms with Crippen molar-refractivity contribution in [3.63, 3.8) is 0 Å². The Morgan fingerprint density at radius 2 is 0.902 bits per heavy atom. The summed E-state index contributed by atoms with van der Waals surface area (Å²) in [5.41, 5.74) is 11.0. The van der Waals surface area contributed by atoms with Gasteiger partial charge in [-0.3, -0.25) is 0 Å². The van der Waals surface area contributed by atoms with Gasteiger partial charge in [0.05, 0.1) is 0 Å². The van der Waals surface area contributed by atoms with Gasteiger partial charge in [-0.05, 0) is 94.4 Å². The van der Waals surface area contributed by atoms with Crippen molar-refractivity contribution in [2.24, 2.45) is 0 Å². The van der Waals surface area contributed by atoms with E-state index in [4.69, 9.17) is 0 Å². The van der Waals surface area contributed by atoms with E-state index in [-0.39, 0.29) is 0 Å². The summed E-state index contributed by atoms with van der Waals surface area (Å²) in [6, 6.07) is 36.3. The molecule has 0 amide bonds. The van der Waals surface area contributed by atoms with Crippen LogP contribution in [0.4, 0.5) is 0 Å². The zero-order valence-electron chi connectivity index (χ0n) is 24.6. The Hall–Kier alpha value is -3.50. The molecule has 0 aliphatic carbocycles. The Bertz CT molecular complexity index is 1910. The molecule has 0 bridgehead atoms. The third kappa shape index (κ3) is 4.13. The number of fused-ring (bicyclic) bond motifs is 2. The van der Waals surface area contributed by atoms with Gasteiger partial charge in [0.15, 0.2) is 0 Å². The highest BCUT2D eigenvalue weighted by molar-refractivity contribution is 7.27. The number of aryl methyl sites for hydroxylation is 4. The Labute approximate surface area is 252 Å². The maximum absolute atomic E-state index is 2.60. The maximum atomic E-state index is 2.60. The predicted octanol–water partition coefficient (Wildman–Crippen LogP) is 11.7. The van der Waals surface area contributed by atoms with Crippen LogP contribution >= 0.6 is 22.7 Å². The highest BCUT2D eigenvalue weighted by atomic mass is 32.1. The standard InChI is InChI=1S/C38H34S2Si/c1-23-13-11-15-27(21-23)33-34(28-16-12-14-24(2)22-28)38(36-26(4)30-18-8-10-20-32(30)40-36)41(5,6)37(33)35-25(3)29-17-7-9-19-31(29)39-35/h7-22H,1-6H3. The molecule has 0 spiro atoms. The SMILES string of the molecule is Cc1cccc(C2=C(c3sc4ccccc4c3C)[Si](C)(C)C(c3sc4ccccc4c3C)=C2c2cccc(C)c2)c1. The number of rotatable bonds is 4. The lowest BCUT2D eigenvalue weighted by molar-refractivity contribution is 1.44. The zero-order valence-corrected chi connectivity index (χ0v) is 27.2. The number of benzene rings is 4. The van der Waals surface area contributed by atoms with Gasteiger partial charge >= 0.3 is 0 Å². The van der Waals surface area contributed by atoms with Crippen LogP contribution in [-0.2, 0) is 0 Å². The number of thiophene rings is 2. The van der Waals surface area contributed by atoms with E-state index < -0.39 is 8.07 Å². The molecule has 7 rings (SSSR count). The van der Waals surface area contributed by atoms with Gasteiger partial charge in [-0.2, -0.15) is 0 Å². The van der Waals surface area contributed by atoms with Gasteiger partial charge in [0, 0.05) is 19.2 Å². The highest BCUT2D eigenvalue weighted by Gasteiger charge is 2.46. The van der Waals surface area contributed by atoms with Gasteiger partial charge < -0.3 is 0 Å². The van der Waals surface area contributed by atoms with E-state index in [0.29, 0.717) is 0 Å². The normalized spacial score (nSPS) is 15.1. The summed E-state index contributed by atoms with van der Waals surface area (Å²) in [5.74, 6) is 0. The molecule has 202 valence electrons. The van der Waals surface area contributed by atoms with Crippen molar-refractivity contribution in [3.05, 3.63) is 140 Å². The summed E-state index contributed by atoms with van der Waals surface area (Å²) in [6.07, 6.45) is 0. The lowest BCUT2D eigenvalue weighted by Crippen LogP contribution is -2.28. The highest BCUT2D eigenvalue weighted by Crippen LogP contribution is 2.59. The molecule has 0 saturated carbocycles. The van der Waals surface area contributed by atoms with E-state index in [1.807, 2.05) is 22.7 Å². The number of hydrogen-bond donors (Lipinski definition) is 0. The molecule has 0 radical (unpaired) electrons. The molecule has 0 nitrogen and oxygen atoms in total. The average molecular weight is 583 g/mol. The van der Waals surface area contributed by atoms with Gasteiger partial charge in [0.2, 0.25) is 0 Å². The predicted molar refractivity (Wildman–Crippen MR) is 187 cm³/mol. The molecule has 3 heteroatoms. The van der Waals surface area contributed by atoms with E-state index in [1.165, 1.54) is 74.5 Å². The topological polar surface area (TPSA) is 0 Å².